The maximum Gasteiger partial charge on any atom is -0.0285 e. The van der Waals surface area contributed by atoms with E-state index < -0.39 is 0 Å². The Morgan fingerprint density at radius 1 is 1.11 bits per heavy atom. The predicted molar refractivity (Wildman–Crippen MR) is 87.3 cm³/mol. The van der Waals surface area contributed by atoms with Crippen molar-refractivity contribution < 1.29 is 0 Å². The average molecular weight is 260 g/mol. The molecule has 2 atom stereocenters. The van der Waals surface area contributed by atoms with Crippen LogP contribution in [0.4, 0.5) is 0 Å². The normalized spacial score (nSPS) is 24.1. The maximum absolute atomic E-state index is 2.50. The Bertz CT molecular complexity index is 350. The van der Waals surface area contributed by atoms with Gasteiger partial charge >= 0.3 is 0 Å². The van der Waals surface area contributed by atoms with Gasteiger partial charge in [0.05, 0.1) is 0 Å². The molecule has 0 saturated carbocycles. The van der Waals surface area contributed by atoms with Crippen molar-refractivity contribution in [3.05, 3.63) is 34.9 Å². The van der Waals surface area contributed by atoms with Crippen molar-refractivity contribution in [2.75, 3.05) is 0 Å². The van der Waals surface area contributed by atoms with E-state index in [4.69, 9.17) is 0 Å². The highest BCUT2D eigenvalue weighted by atomic mass is 14.2. The van der Waals surface area contributed by atoms with Gasteiger partial charge in [-0.15, -0.1) is 0 Å². The summed E-state index contributed by atoms with van der Waals surface area (Å²) in [6, 6.07) is 0. The molecule has 0 fully saturated rings. The van der Waals surface area contributed by atoms with Gasteiger partial charge in [0.25, 0.3) is 0 Å². The van der Waals surface area contributed by atoms with E-state index in [9.17, 15) is 0 Å². The first-order chi connectivity index (χ1) is 8.99. The molecule has 0 N–H and O–H groups in total. The first kappa shape index (κ1) is 16.3. The van der Waals surface area contributed by atoms with Crippen molar-refractivity contribution in [3.8, 4) is 0 Å². The van der Waals surface area contributed by atoms with Gasteiger partial charge in [-0.05, 0) is 71.1 Å². The summed E-state index contributed by atoms with van der Waals surface area (Å²) in [5.41, 5.74) is 4.68. The monoisotopic (exact) mass is 260 g/mol. The molecule has 19 heavy (non-hydrogen) atoms. The van der Waals surface area contributed by atoms with Crippen LogP contribution in [0.1, 0.15) is 73.1 Å². The molecule has 0 spiro atoms. The van der Waals surface area contributed by atoms with Gasteiger partial charge < -0.3 is 0 Å². The lowest BCUT2D eigenvalue weighted by Gasteiger charge is -2.25. The summed E-state index contributed by atoms with van der Waals surface area (Å²) in [6.07, 6.45) is 14.8. The smallest absolute Gasteiger partial charge is 0.0285 e. The molecule has 0 aromatic rings. The van der Waals surface area contributed by atoms with Gasteiger partial charge in [0.15, 0.2) is 0 Å². The Labute approximate surface area is 120 Å². The molecule has 1 rings (SSSR count). The minimum absolute atomic E-state index is 0.878. The van der Waals surface area contributed by atoms with Crippen molar-refractivity contribution in [2.45, 2.75) is 73.1 Å². The van der Waals surface area contributed by atoms with Gasteiger partial charge in [-0.1, -0.05) is 48.8 Å². The fourth-order valence-electron chi connectivity index (χ4n) is 2.68. The molecule has 0 heterocycles. The topological polar surface area (TPSA) is 0 Å². The molecular formula is C19H32. The summed E-state index contributed by atoms with van der Waals surface area (Å²) in [4.78, 5) is 0. The highest BCUT2D eigenvalue weighted by Crippen LogP contribution is 2.31. The van der Waals surface area contributed by atoms with E-state index >= 15 is 0 Å². The summed E-state index contributed by atoms with van der Waals surface area (Å²) >= 11 is 0. The molecule has 0 bridgehead atoms. The zero-order chi connectivity index (χ0) is 14.3. The summed E-state index contributed by atoms with van der Waals surface area (Å²) in [6.45, 7) is 11.4. The second-order valence-electron chi connectivity index (χ2n) is 6.67. The van der Waals surface area contributed by atoms with Gasteiger partial charge in [-0.2, -0.15) is 0 Å². The summed E-state index contributed by atoms with van der Waals surface area (Å²) in [7, 11) is 0. The molecule has 0 saturated heterocycles. The maximum atomic E-state index is 2.50. The second-order valence-corrected chi connectivity index (χ2v) is 6.67. The van der Waals surface area contributed by atoms with E-state index in [-0.39, 0.29) is 0 Å². The highest BCUT2D eigenvalue weighted by molar-refractivity contribution is 5.10. The van der Waals surface area contributed by atoms with Crippen molar-refractivity contribution >= 4 is 0 Å². The molecule has 1 aliphatic rings. The van der Waals surface area contributed by atoms with Crippen LogP contribution in [0.5, 0.6) is 0 Å². The third-order valence-electron chi connectivity index (χ3n) is 4.38. The van der Waals surface area contributed by atoms with Crippen molar-refractivity contribution in [2.24, 2.45) is 11.8 Å². The fraction of sp³-hybridized carbons (Fsp3) is 0.684. The van der Waals surface area contributed by atoms with Crippen LogP contribution >= 0.6 is 0 Å². The highest BCUT2D eigenvalue weighted by Gasteiger charge is 2.17. The van der Waals surface area contributed by atoms with Gasteiger partial charge in [0.1, 0.15) is 0 Å². The Morgan fingerprint density at radius 2 is 1.84 bits per heavy atom. The number of hydrogen-bond acceptors (Lipinski definition) is 0. The fourth-order valence-corrected chi connectivity index (χ4v) is 2.68. The van der Waals surface area contributed by atoms with Gasteiger partial charge in [0, 0.05) is 0 Å². The predicted octanol–water partition coefficient (Wildman–Crippen LogP) is 6.45. The van der Waals surface area contributed by atoms with Crippen molar-refractivity contribution in [1.82, 2.24) is 0 Å². The Hall–Kier alpha value is -0.780. The lowest BCUT2D eigenvalue weighted by molar-refractivity contribution is 0.365. The van der Waals surface area contributed by atoms with Gasteiger partial charge in [-0.3, -0.25) is 0 Å². The minimum atomic E-state index is 0.878. The third kappa shape index (κ3) is 6.80. The third-order valence-corrected chi connectivity index (χ3v) is 4.38. The number of hydrogen-bond donors (Lipinski definition) is 0. The van der Waals surface area contributed by atoms with Gasteiger partial charge in [-0.25, -0.2) is 0 Å². The zero-order valence-corrected chi connectivity index (χ0v) is 13.6. The molecule has 0 radical (unpaired) electrons. The summed E-state index contributed by atoms with van der Waals surface area (Å²) < 4.78 is 0. The van der Waals surface area contributed by atoms with E-state index in [1.807, 2.05) is 0 Å². The molecule has 1 aliphatic carbocycles. The molecule has 0 nitrogen and oxygen atoms in total. The molecule has 0 aromatic heterocycles. The first-order valence-electron chi connectivity index (χ1n) is 7.96. The Kier molecular flexibility index (Phi) is 7.20. The SMILES string of the molecule is CC(C)=CCC/C(C)=C/CCC1=CCC(C)C(C)C1. The molecular weight excluding hydrogens is 228 g/mol. The first-order valence-corrected chi connectivity index (χ1v) is 7.96. The van der Waals surface area contributed by atoms with Crippen molar-refractivity contribution in [1.29, 1.82) is 0 Å². The average Bonchev–Trinajstić information content (AvgIpc) is 2.33. The van der Waals surface area contributed by atoms with Crippen LogP contribution in [0.25, 0.3) is 0 Å². The molecule has 0 aliphatic heterocycles. The largest absolute Gasteiger partial charge is 0.0856 e. The van der Waals surface area contributed by atoms with E-state index in [2.05, 4.69) is 52.8 Å². The Balaban J connectivity index is 2.27. The molecule has 108 valence electrons. The van der Waals surface area contributed by atoms with Crippen LogP contribution in [0.3, 0.4) is 0 Å². The van der Waals surface area contributed by atoms with Crippen LogP contribution in [0.2, 0.25) is 0 Å². The van der Waals surface area contributed by atoms with Crippen LogP contribution in [-0.4, -0.2) is 0 Å². The van der Waals surface area contributed by atoms with E-state index in [0.29, 0.717) is 0 Å². The minimum Gasteiger partial charge on any atom is -0.0856 e. The molecule has 2 unspecified atom stereocenters. The summed E-state index contributed by atoms with van der Waals surface area (Å²) in [5, 5.41) is 0. The molecule has 0 aromatic carbocycles. The molecule has 0 heteroatoms. The lowest BCUT2D eigenvalue weighted by atomic mass is 9.81. The van der Waals surface area contributed by atoms with Crippen LogP contribution in [0, 0.1) is 11.8 Å². The van der Waals surface area contributed by atoms with Crippen molar-refractivity contribution in [3.63, 3.8) is 0 Å². The quantitative estimate of drug-likeness (QED) is 0.481. The molecule has 0 amide bonds. The lowest BCUT2D eigenvalue weighted by Crippen LogP contribution is -2.12. The van der Waals surface area contributed by atoms with E-state index in [0.717, 1.165) is 11.8 Å². The van der Waals surface area contributed by atoms with E-state index in [1.165, 1.54) is 44.1 Å². The second kappa shape index (κ2) is 8.40. The van der Waals surface area contributed by atoms with Gasteiger partial charge in [0.2, 0.25) is 0 Å². The zero-order valence-electron chi connectivity index (χ0n) is 13.6. The number of rotatable bonds is 6. The van der Waals surface area contributed by atoms with E-state index in [1.54, 1.807) is 11.1 Å². The van der Waals surface area contributed by atoms with Crippen LogP contribution < -0.4 is 0 Å². The standard InChI is InChI=1S/C19H32/c1-15(2)8-6-9-16(3)10-7-11-19-13-12-17(4)18(5)14-19/h8,10,13,17-18H,6-7,9,11-12,14H2,1-5H3/b16-10+. The van der Waals surface area contributed by atoms with Crippen LogP contribution in [-0.2, 0) is 0 Å². The van der Waals surface area contributed by atoms with Crippen LogP contribution in [0.15, 0.2) is 34.9 Å². The Morgan fingerprint density at radius 3 is 2.47 bits per heavy atom. The summed E-state index contributed by atoms with van der Waals surface area (Å²) in [5.74, 6) is 1.76. The number of allylic oxidation sites excluding steroid dienone is 6.